The van der Waals surface area contributed by atoms with Crippen LogP contribution >= 0.6 is 12.6 Å². The summed E-state index contributed by atoms with van der Waals surface area (Å²) >= 11 is 4.24. The lowest BCUT2D eigenvalue weighted by Crippen LogP contribution is -2.31. The summed E-state index contributed by atoms with van der Waals surface area (Å²) in [5.74, 6) is 2.08. The highest BCUT2D eigenvalue weighted by atomic mass is 32.1. The molecule has 0 bridgehead atoms. The number of aromatic nitrogens is 3. The van der Waals surface area contributed by atoms with Crippen molar-refractivity contribution in [1.29, 1.82) is 0 Å². The van der Waals surface area contributed by atoms with E-state index in [1.54, 1.807) is 22.9 Å². The molecule has 2 aromatic heterocycles. The Kier molecular flexibility index (Phi) is 5.90. The van der Waals surface area contributed by atoms with Crippen molar-refractivity contribution in [3.63, 3.8) is 0 Å². The Hall–Kier alpha value is -2.38. The van der Waals surface area contributed by atoms with Crippen molar-refractivity contribution in [2.45, 2.75) is 19.9 Å². The summed E-state index contributed by atoms with van der Waals surface area (Å²) < 4.78 is 7.13. The fourth-order valence-corrected chi connectivity index (χ4v) is 2.94. The number of pyridine rings is 1. The van der Waals surface area contributed by atoms with Crippen LogP contribution in [0.4, 0.5) is 0 Å². The molecule has 6 nitrogen and oxygen atoms in total. The smallest absolute Gasteiger partial charge is 0.267 e. The number of ether oxygens (including phenoxy) is 1. The predicted molar refractivity (Wildman–Crippen MR) is 107 cm³/mol. The van der Waals surface area contributed by atoms with E-state index in [0.29, 0.717) is 35.8 Å². The Balaban J connectivity index is 2.17. The molecule has 3 rings (SSSR count). The minimum atomic E-state index is -0.137. The molecule has 0 fully saturated rings. The maximum Gasteiger partial charge on any atom is 0.267 e. The standard InChI is InChI=1S/C19H22N4O2S/c1-3-25-15-8-6-14(7-9-15)23-18(13(2)20-11-12-26)22-17-16(19(23)24)5-4-10-21-17/h4-10,13,20,26H,3,11-12H2,1-2H3/t13-/m1/s1. The number of nitrogens with one attached hydrogen (secondary N) is 1. The van der Waals surface area contributed by atoms with Crippen LogP contribution in [-0.2, 0) is 0 Å². The number of rotatable bonds is 7. The molecule has 3 aromatic rings. The molecule has 1 N–H and O–H groups in total. The second-order valence-corrected chi connectivity index (χ2v) is 6.26. The molecule has 0 aliphatic heterocycles. The van der Waals surface area contributed by atoms with Gasteiger partial charge in [-0.15, -0.1) is 0 Å². The van der Waals surface area contributed by atoms with Gasteiger partial charge in [-0.05, 0) is 50.2 Å². The van der Waals surface area contributed by atoms with Gasteiger partial charge in [0.2, 0.25) is 0 Å². The number of hydrogen-bond donors (Lipinski definition) is 2. The first kappa shape index (κ1) is 18.4. The first-order valence-electron chi connectivity index (χ1n) is 8.61. The van der Waals surface area contributed by atoms with Crippen LogP contribution in [0.25, 0.3) is 16.7 Å². The molecular formula is C19H22N4O2S. The maximum atomic E-state index is 13.1. The van der Waals surface area contributed by atoms with E-state index in [1.165, 1.54) is 0 Å². The van der Waals surface area contributed by atoms with Crippen molar-refractivity contribution < 1.29 is 4.74 Å². The third-order valence-corrected chi connectivity index (χ3v) is 4.25. The number of fused-ring (bicyclic) bond motifs is 1. The summed E-state index contributed by atoms with van der Waals surface area (Å²) in [5.41, 5.74) is 1.06. The summed E-state index contributed by atoms with van der Waals surface area (Å²) in [5, 5.41) is 3.82. The SMILES string of the molecule is CCOc1ccc(-n2c([C@@H](C)NCCS)nc3ncccc3c2=O)cc1. The molecule has 7 heteroatoms. The van der Waals surface area contributed by atoms with Crippen molar-refractivity contribution >= 4 is 23.7 Å². The van der Waals surface area contributed by atoms with Crippen molar-refractivity contribution in [1.82, 2.24) is 19.9 Å². The molecule has 0 aliphatic rings. The highest BCUT2D eigenvalue weighted by Crippen LogP contribution is 2.19. The van der Waals surface area contributed by atoms with Crippen LogP contribution in [0, 0.1) is 0 Å². The molecule has 0 aliphatic carbocycles. The van der Waals surface area contributed by atoms with Crippen molar-refractivity contribution in [3.8, 4) is 11.4 Å². The van der Waals surface area contributed by atoms with Gasteiger partial charge < -0.3 is 10.1 Å². The minimum absolute atomic E-state index is 0.132. The zero-order chi connectivity index (χ0) is 18.5. The van der Waals surface area contributed by atoms with Crippen molar-refractivity contribution in [3.05, 3.63) is 58.8 Å². The normalized spacial score (nSPS) is 12.3. The summed E-state index contributed by atoms with van der Waals surface area (Å²) in [4.78, 5) is 22.1. The molecule has 0 saturated carbocycles. The average Bonchev–Trinajstić information content (AvgIpc) is 2.67. The van der Waals surface area contributed by atoms with Gasteiger partial charge in [0.05, 0.1) is 23.7 Å². The van der Waals surface area contributed by atoms with Gasteiger partial charge in [-0.2, -0.15) is 12.6 Å². The second-order valence-electron chi connectivity index (χ2n) is 5.81. The lowest BCUT2D eigenvalue weighted by molar-refractivity contribution is 0.340. The van der Waals surface area contributed by atoms with Gasteiger partial charge in [-0.3, -0.25) is 9.36 Å². The zero-order valence-electron chi connectivity index (χ0n) is 14.8. The highest BCUT2D eigenvalue weighted by molar-refractivity contribution is 7.80. The monoisotopic (exact) mass is 370 g/mol. The van der Waals surface area contributed by atoms with Crippen LogP contribution in [0.2, 0.25) is 0 Å². The molecule has 136 valence electrons. The first-order chi connectivity index (χ1) is 12.7. The summed E-state index contributed by atoms with van der Waals surface area (Å²) in [6, 6.07) is 10.8. The van der Waals surface area contributed by atoms with Crippen LogP contribution in [0.1, 0.15) is 25.7 Å². The highest BCUT2D eigenvalue weighted by Gasteiger charge is 2.18. The molecule has 1 atom stereocenters. The van der Waals surface area contributed by atoms with E-state index in [0.717, 1.165) is 11.4 Å². The third-order valence-electron chi connectivity index (χ3n) is 4.03. The number of nitrogens with zero attached hydrogens (tertiary/aromatic N) is 3. The van der Waals surface area contributed by atoms with E-state index in [2.05, 4.69) is 27.9 Å². The Morgan fingerprint density at radius 1 is 1.27 bits per heavy atom. The fraction of sp³-hybridized carbons (Fsp3) is 0.316. The number of hydrogen-bond acceptors (Lipinski definition) is 6. The molecular weight excluding hydrogens is 348 g/mol. The van der Waals surface area contributed by atoms with Gasteiger partial charge >= 0.3 is 0 Å². The Morgan fingerprint density at radius 3 is 2.73 bits per heavy atom. The Bertz CT molecular complexity index is 940. The van der Waals surface area contributed by atoms with Gasteiger partial charge in [0.1, 0.15) is 11.6 Å². The molecule has 0 saturated heterocycles. The van der Waals surface area contributed by atoms with Crippen LogP contribution in [-0.4, -0.2) is 33.4 Å². The molecule has 0 unspecified atom stereocenters. The van der Waals surface area contributed by atoms with Gasteiger partial charge in [0.25, 0.3) is 5.56 Å². The van der Waals surface area contributed by atoms with E-state index < -0.39 is 0 Å². The lowest BCUT2D eigenvalue weighted by Gasteiger charge is -2.19. The van der Waals surface area contributed by atoms with Gasteiger partial charge in [-0.25, -0.2) is 9.97 Å². The third kappa shape index (κ3) is 3.73. The van der Waals surface area contributed by atoms with Crippen LogP contribution in [0.5, 0.6) is 5.75 Å². The quantitative estimate of drug-likeness (QED) is 0.626. The van der Waals surface area contributed by atoms with E-state index in [4.69, 9.17) is 4.74 Å². The van der Waals surface area contributed by atoms with Crippen LogP contribution < -0.4 is 15.6 Å². The molecule has 1 aromatic carbocycles. The summed E-state index contributed by atoms with van der Waals surface area (Å²) in [6.07, 6.45) is 1.64. The topological polar surface area (TPSA) is 69.0 Å². The molecule has 0 spiro atoms. The van der Waals surface area contributed by atoms with E-state index in [9.17, 15) is 4.79 Å². The molecule has 2 heterocycles. The zero-order valence-corrected chi connectivity index (χ0v) is 15.7. The Labute approximate surface area is 157 Å². The average molecular weight is 370 g/mol. The minimum Gasteiger partial charge on any atom is -0.494 e. The number of benzene rings is 1. The largest absolute Gasteiger partial charge is 0.494 e. The molecule has 0 radical (unpaired) electrons. The fourth-order valence-electron chi connectivity index (χ4n) is 2.81. The van der Waals surface area contributed by atoms with E-state index in [-0.39, 0.29) is 11.6 Å². The number of thiol groups is 1. The van der Waals surface area contributed by atoms with E-state index in [1.807, 2.05) is 38.1 Å². The van der Waals surface area contributed by atoms with Crippen LogP contribution in [0.15, 0.2) is 47.4 Å². The van der Waals surface area contributed by atoms with Gasteiger partial charge in [0, 0.05) is 18.5 Å². The summed E-state index contributed by atoms with van der Waals surface area (Å²) in [7, 11) is 0. The lowest BCUT2D eigenvalue weighted by atomic mass is 10.2. The second kappa shape index (κ2) is 8.33. The summed E-state index contributed by atoms with van der Waals surface area (Å²) in [6.45, 7) is 5.22. The molecule has 26 heavy (non-hydrogen) atoms. The van der Waals surface area contributed by atoms with Gasteiger partial charge in [0.15, 0.2) is 5.65 Å². The van der Waals surface area contributed by atoms with Crippen LogP contribution in [0.3, 0.4) is 0 Å². The van der Waals surface area contributed by atoms with E-state index >= 15 is 0 Å². The first-order valence-corrected chi connectivity index (χ1v) is 9.24. The van der Waals surface area contributed by atoms with Gasteiger partial charge in [-0.1, -0.05) is 0 Å². The van der Waals surface area contributed by atoms with Crippen molar-refractivity contribution in [2.75, 3.05) is 18.9 Å². The predicted octanol–water partition coefficient (Wildman–Crippen LogP) is 2.76. The molecule has 0 amide bonds. The Morgan fingerprint density at radius 2 is 2.04 bits per heavy atom. The maximum absolute atomic E-state index is 13.1. The van der Waals surface area contributed by atoms with Crippen molar-refractivity contribution in [2.24, 2.45) is 0 Å².